The maximum Gasteiger partial charge on any atom is 0.223 e. The van der Waals surface area contributed by atoms with Gasteiger partial charge in [0.15, 0.2) is 0 Å². The maximum absolute atomic E-state index is 11.3. The molecule has 1 aromatic rings. The summed E-state index contributed by atoms with van der Waals surface area (Å²) in [5, 5.41) is 51.2. The molecule has 10 heteroatoms. The second kappa shape index (κ2) is 7.75. The number of carbonyl (C=O) groups is 1. The molecular formula is C14H19N2O8-. The van der Waals surface area contributed by atoms with Gasteiger partial charge in [0.05, 0.1) is 12.3 Å². The van der Waals surface area contributed by atoms with E-state index in [9.17, 15) is 25.3 Å². The molecule has 0 saturated carbocycles. The number of benzene rings is 1. The van der Waals surface area contributed by atoms with E-state index in [4.69, 9.17) is 14.7 Å². The van der Waals surface area contributed by atoms with E-state index in [1.54, 1.807) is 0 Å². The lowest BCUT2D eigenvalue weighted by Gasteiger charge is -2.42. The zero-order valence-electron chi connectivity index (χ0n) is 12.8. The SMILES string of the molecule is CC(=O)N[C@@H]1[C@H](Oc2cccc(N([O-])O)c2)O[C@H](CO)[C@@H](O)[C@@H]1O. The van der Waals surface area contributed by atoms with E-state index in [1.807, 2.05) is 0 Å². The normalized spacial score (nSPS) is 29.8. The minimum Gasteiger partial charge on any atom is -0.733 e. The van der Waals surface area contributed by atoms with E-state index in [2.05, 4.69) is 5.32 Å². The summed E-state index contributed by atoms with van der Waals surface area (Å²) >= 11 is 0. The number of anilines is 1. The van der Waals surface area contributed by atoms with Gasteiger partial charge in [-0.15, -0.1) is 0 Å². The van der Waals surface area contributed by atoms with Crippen molar-refractivity contribution in [2.24, 2.45) is 0 Å². The molecule has 24 heavy (non-hydrogen) atoms. The van der Waals surface area contributed by atoms with Crippen LogP contribution in [-0.2, 0) is 9.53 Å². The summed E-state index contributed by atoms with van der Waals surface area (Å²) < 4.78 is 10.9. The third kappa shape index (κ3) is 4.12. The number of carbonyl (C=O) groups excluding carboxylic acids is 1. The molecular weight excluding hydrogens is 324 g/mol. The van der Waals surface area contributed by atoms with Crippen molar-refractivity contribution in [3.8, 4) is 5.75 Å². The Labute approximate surface area is 137 Å². The Morgan fingerprint density at radius 3 is 2.71 bits per heavy atom. The highest BCUT2D eigenvalue weighted by Gasteiger charge is 2.46. The van der Waals surface area contributed by atoms with Crippen LogP contribution in [0.25, 0.3) is 0 Å². The van der Waals surface area contributed by atoms with Gasteiger partial charge in [-0.25, -0.2) is 0 Å². The number of aliphatic hydroxyl groups excluding tert-OH is 3. The van der Waals surface area contributed by atoms with Gasteiger partial charge in [0.2, 0.25) is 12.2 Å². The lowest BCUT2D eigenvalue weighted by atomic mass is 9.97. The third-order valence-corrected chi connectivity index (χ3v) is 3.54. The van der Waals surface area contributed by atoms with Crippen LogP contribution in [0.1, 0.15) is 6.92 Å². The molecule has 1 aromatic carbocycles. The van der Waals surface area contributed by atoms with Gasteiger partial charge in [-0.1, -0.05) is 6.07 Å². The minimum atomic E-state index is -1.44. The molecule has 2 rings (SSSR count). The lowest BCUT2D eigenvalue weighted by Crippen LogP contribution is -2.65. The summed E-state index contributed by atoms with van der Waals surface area (Å²) in [5.74, 6) is -0.372. The molecule has 1 amide bonds. The van der Waals surface area contributed by atoms with Crippen molar-refractivity contribution >= 4 is 11.6 Å². The first-order valence-corrected chi connectivity index (χ1v) is 7.16. The van der Waals surface area contributed by atoms with E-state index in [0.717, 1.165) is 0 Å². The first kappa shape index (κ1) is 18.4. The summed E-state index contributed by atoms with van der Waals surface area (Å²) in [4.78, 5) is 11.3. The van der Waals surface area contributed by atoms with Gasteiger partial charge in [0, 0.05) is 13.0 Å². The summed E-state index contributed by atoms with van der Waals surface area (Å²) in [6.45, 7) is 0.645. The highest BCUT2D eigenvalue weighted by Crippen LogP contribution is 2.26. The monoisotopic (exact) mass is 343 g/mol. The van der Waals surface area contributed by atoms with Crippen LogP contribution >= 0.6 is 0 Å². The van der Waals surface area contributed by atoms with Gasteiger partial charge < -0.3 is 40.5 Å². The number of rotatable bonds is 5. The van der Waals surface area contributed by atoms with Crippen molar-refractivity contribution in [3.05, 3.63) is 29.5 Å². The van der Waals surface area contributed by atoms with Crippen LogP contribution in [0.5, 0.6) is 5.75 Å². The molecule has 0 bridgehead atoms. The first-order valence-electron chi connectivity index (χ1n) is 7.16. The molecule has 1 fully saturated rings. The summed E-state index contributed by atoms with van der Waals surface area (Å²) in [6.07, 6.45) is -5.22. The molecule has 0 aliphatic carbocycles. The van der Waals surface area contributed by atoms with Crippen molar-refractivity contribution in [2.75, 3.05) is 11.8 Å². The van der Waals surface area contributed by atoms with Crippen LogP contribution in [-0.4, -0.2) is 63.7 Å². The fourth-order valence-electron chi connectivity index (χ4n) is 2.38. The molecule has 5 atom stereocenters. The van der Waals surface area contributed by atoms with Crippen LogP contribution < -0.4 is 15.3 Å². The number of nitrogens with one attached hydrogen (secondary N) is 1. The van der Waals surface area contributed by atoms with Crippen LogP contribution in [0.4, 0.5) is 5.69 Å². The second-order valence-electron chi connectivity index (χ2n) is 5.32. The Bertz CT molecular complexity index is 569. The summed E-state index contributed by atoms with van der Waals surface area (Å²) in [5.41, 5.74) is -0.0984. The number of hydrogen-bond donors (Lipinski definition) is 5. The molecule has 1 aliphatic rings. The largest absolute Gasteiger partial charge is 0.733 e. The fourth-order valence-corrected chi connectivity index (χ4v) is 2.38. The Kier molecular flexibility index (Phi) is 5.94. The van der Waals surface area contributed by atoms with E-state index in [1.165, 1.54) is 31.2 Å². The van der Waals surface area contributed by atoms with Gasteiger partial charge in [-0.3, -0.25) is 10.0 Å². The van der Waals surface area contributed by atoms with Crippen LogP contribution in [0, 0.1) is 5.21 Å². The standard InChI is InChI=1S/C14H19N2O8/c1-7(18)15-11-13(20)12(19)10(6-17)24-14(11)23-9-4-2-3-8(5-9)16(21)22/h2-5,10-14,17,19-21H,6H2,1H3,(H,15,18)/q-1/t10-,11+,12-,13-,14-/m1/s1. The first-order chi connectivity index (χ1) is 11.3. The predicted octanol–water partition coefficient (Wildman–Crippen LogP) is -1.30. The molecule has 134 valence electrons. The highest BCUT2D eigenvalue weighted by atomic mass is 16.8. The Balaban J connectivity index is 2.22. The van der Waals surface area contributed by atoms with E-state index < -0.39 is 43.2 Å². The molecule has 0 unspecified atom stereocenters. The van der Waals surface area contributed by atoms with Crippen LogP contribution in [0.15, 0.2) is 24.3 Å². The third-order valence-electron chi connectivity index (χ3n) is 3.54. The zero-order valence-corrected chi connectivity index (χ0v) is 12.8. The average molecular weight is 343 g/mol. The number of amides is 1. The molecule has 0 radical (unpaired) electrons. The van der Waals surface area contributed by atoms with Crippen molar-refractivity contribution in [2.45, 2.75) is 37.6 Å². The van der Waals surface area contributed by atoms with Crippen molar-refractivity contribution in [1.82, 2.24) is 5.32 Å². The molecule has 5 N–H and O–H groups in total. The van der Waals surface area contributed by atoms with Gasteiger partial charge in [0.25, 0.3) is 0 Å². The number of ether oxygens (including phenoxy) is 2. The van der Waals surface area contributed by atoms with E-state index in [-0.39, 0.29) is 16.7 Å². The van der Waals surface area contributed by atoms with Crippen LogP contribution in [0.3, 0.4) is 0 Å². The van der Waals surface area contributed by atoms with Gasteiger partial charge >= 0.3 is 0 Å². The van der Waals surface area contributed by atoms with Crippen molar-refractivity contribution in [1.29, 1.82) is 0 Å². The van der Waals surface area contributed by atoms with Gasteiger partial charge in [0.1, 0.15) is 30.1 Å². The predicted molar refractivity (Wildman–Crippen MR) is 80.1 cm³/mol. The molecule has 10 nitrogen and oxygen atoms in total. The quantitative estimate of drug-likeness (QED) is 0.410. The summed E-state index contributed by atoms with van der Waals surface area (Å²) in [7, 11) is 0. The number of nitrogens with zero attached hydrogens (tertiary/aromatic N) is 1. The number of hydrogen-bond acceptors (Lipinski definition) is 9. The topological polar surface area (TPSA) is 155 Å². The summed E-state index contributed by atoms with van der Waals surface area (Å²) in [6, 6.07) is 4.35. The minimum absolute atomic E-state index is 0.0984. The van der Waals surface area contributed by atoms with E-state index in [0.29, 0.717) is 0 Å². The average Bonchev–Trinajstić information content (AvgIpc) is 2.54. The van der Waals surface area contributed by atoms with Gasteiger partial charge in [-0.2, -0.15) is 0 Å². The molecule has 1 aliphatic heterocycles. The fraction of sp³-hybridized carbons (Fsp3) is 0.500. The maximum atomic E-state index is 11.3. The van der Waals surface area contributed by atoms with Crippen molar-refractivity contribution in [3.63, 3.8) is 0 Å². The Hall–Kier alpha value is -1.95. The zero-order chi connectivity index (χ0) is 17.9. The Morgan fingerprint density at radius 2 is 2.12 bits per heavy atom. The van der Waals surface area contributed by atoms with Crippen LogP contribution in [0.2, 0.25) is 0 Å². The van der Waals surface area contributed by atoms with Gasteiger partial charge in [-0.05, 0) is 12.1 Å². The molecule has 0 aromatic heterocycles. The highest BCUT2D eigenvalue weighted by molar-refractivity contribution is 5.73. The number of aliphatic hydroxyl groups is 3. The lowest BCUT2D eigenvalue weighted by molar-refractivity contribution is -0.244. The Morgan fingerprint density at radius 1 is 1.42 bits per heavy atom. The molecule has 1 saturated heterocycles. The molecule has 1 heterocycles. The smallest absolute Gasteiger partial charge is 0.223 e. The van der Waals surface area contributed by atoms with Crippen molar-refractivity contribution < 1.29 is 34.8 Å². The molecule has 0 spiro atoms. The second-order valence-corrected chi connectivity index (χ2v) is 5.32. The van der Waals surface area contributed by atoms with E-state index >= 15 is 0 Å².